The third-order valence-corrected chi connectivity index (χ3v) is 2.51. The average Bonchev–Trinajstić information content (AvgIpc) is 2.60. The third kappa shape index (κ3) is 1.25. The Balaban J connectivity index is 2.64. The van der Waals surface area contributed by atoms with Crippen LogP contribution in [0.1, 0.15) is 16.7 Å². The highest BCUT2D eigenvalue weighted by atomic mass is 35.5. The summed E-state index contributed by atoms with van der Waals surface area (Å²) < 4.78 is 10.7. The second-order valence-corrected chi connectivity index (χ2v) is 3.29. The van der Waals surface area contributed by atoms with Crippen molar-refractivity contribution in [3.8, 4) is 11.5 Å². The van der Waals surface area contributed by atoms with Gasteiger partial charge in [0.2, 0.25) is 6.79 Å². The summed E-state index contributed by atoms with van der Waals surface area (Å²) in [7, 11) is 0. The van der Waals surface area contributed by atoms with E-state index in [1.54, 1.807) is 0 Å². The summed E-state index contributed by atoms with van der Waals surface area (Å²) >= 11 is 5.77. The first kappa shape index (κ1) is 8.70. The minimum Gasteiger partial charge on any atom is -0.453 e. The van der Waals surface area contributed by atoms with E-state index < -0.39 is 0 Å². The van der Waals surface area contributed by atoms with Gasteiger partial charge in [-0.05, 0) is 25.0 Å². The molecule has 0 unspecified atom stereocenters. The van der Waals surface area contributed by atoms with Gasteiger partial charge in [0.15, 0.2) is 11.5 Å². The van der Waals surface area contributed by atoms with Crippen molar-refractivity contribution in [1.29, 1.82) is 0 Å². The highest BCUT2D eigenvalue weighted by Gasteiger charge is 2.21. The number of rotatable bonds is 1. The van der Waals surface area contributed by atoms with E-state index in [1.807, 2.05) is 13.0 Å². The van der Waals surface area contributed by atoms with Crippen molar-refractivity contribution in [2.75, 3.05) is 6.79 Å². The van der Waals surface area contributed by atoms with E-state index in [0.29, 0.717) is 5.88 Å². The van der Waals surface area contributed by atoms with Crippen LogP contribution in [0, 0.1) is 13.8 Å². The first-order valence-electron chi connectivity index (χ1n) is 4.04. The molecule has 3 heteroatoms. The van der Waals surface area contributed by atoms with E-state index in [0.717, 1.165) is 28.2 Å². The van der Waals surface area contributed by atoms with Gasteiger partial charge in [0, 0.05) is 5.56 Å². The largest absolute Gasteiger partial charge is 0.453 e. The highest BCUT2D eigenvalue weighted by Crippen LogP contribution is 2.40. The average molecular weight is 198 g/mol. The molecule has 0 atom stereocenters. The molecule has 0 spiro atoms. The Hall–Kier alpha value is -0.890. The molecule has 13 heavy (non-hydrogen) atoms. The number of hydrogen-bond acceptors (Lipinski definition) is 2. The Morgan fingerprint density at radius 1 is 1.46 bits per heavy atom. The Kier molecular flexibility index (Phi) is 2.08. The molecular formula is C10H10ClO2. The van der Waals surface area contributed by atoms with Crippen molar-refractivity contribution in [2.24, 2.45) is 0 Å². The van der Waals surface area contributed by atoms with E-state index in [1.165, 1.54) is 0 Å². The number of benzene rings is 1. The van der Waals surface area contributed by atoms with Crippen LogP contribution >= 0.6 is 11.6 Å². The Morgan fingerprint density at radius 3 is 2.85 bits per heavy atom. The zero-order valence-corrected chi connectivity index (χ0v) is 8.15. The van der Waals surface area contributed by atoms with Crippen molar-refractivity contribution < 1.29 is 9.47 Å². The van der Waals surface area contributed by atoms with Crippen LogP contribution in [-0.2, 0) is 5.88 Å². The van der Waals surface area contributed by atoms with Crippen LogP contribution in [0.25, 0.3) is 0 Å². The molecule has 0 saturated heterocycles. The molecule has 2 nitrogen and oxygen atoms in total. The van der Waals surface area contributed by atoms with Gasteiger partial charge < -0.3 is 9.47 Å². The van der Waals surface area contributed by atoms with Gasteiger partial charge in [-0.1, -0.05) is 6.07 Å². The molecule has 0 N–H and O–H groups in total. The van der Waals surface area contributed by atoms with Crippen molar-refractivity contribution in [1.82, 2.24) is 0 Å². The van der Waals surface area contributed by atoms with Gasteiger partial charge in [0.05, 0.1) is 5.88 Å². The molecule has 1 aliphatic rings. The SMILES string of the molecule is [CH2]c1cc(CCl)c2c(c1C)OCO2. The quantitative estimate of drug-likeness (QED) is 0.645. The monoisotopic (exact) mass is 197 g/mol. The third-order valence-electron chi connectivity index (χ3n) is 2.22. The smallest absolute Gasteiger partial charge is 0.231 e. The van der Waals surface area contributed by atoms with Crippen LogP contribution in [0.4, 0.5) is 0 Å². The maximum absolute atomic E-state index is 5.77. The summed E-state index contributed by atoms with van der Waals surface area (Å²) in [6.07, 6.45) is 0. The Bertz CT molecular complexity index is 347. The molecule has 1 heterocycles. The van der Waals surface area contributed by atoms with Crippen LogP contribution in [0.2, 0.25) is 0 Å². The van der Waals surface area contributed by atoms with Crippen molar-refractivity contribution in [2.45, 2.75) is 12.8 Å². The van der Waals surface area contributed by atoms with E-state index in [2.05, 4.69) is 6.92 Å². The van der Waals surface area contributed by atoms with Gasteiger partial charge in [0.25, 0.3) is 0 Å². The molecule has 0 aromatic heterocycles. The topological polar surface area (TPSA) is 18.5 Å². The molecule has 1 aromatic rings. The summed E-state index contributed by atoms with van der Waals surface area (Å²) in [5, 5.41) is 0. The van der Waals surface area contributed by atoms with E-state index in [4.69, 9.17) is 21.1 Å². The fourth-order valence-corrected chi connectivity index (χ4v) is 1.62. The van der Waals surface area contributed by atoms with Gasteiger partial charge in [-0.25, -0.2) is 0 Å². The molecule has 0 aliphatic carbocycles. The van der Waals surface area contributed by atoms with E-state index in [-0.39, 0.29) is 6.79 Å². The first-order chi connectivity index (χ1) is 6.24. The second kappa shape index (κ2) is 3.11. The molecule has 2 rings (SSSR count). The lowest BCUT2D eigenvalue weighted by atomic mass is 10.0. The van der Waals surface area contributed by atoms with Gasteiger partial charge in [-0.3, -0.25) is 0 Å². The van der Waals surface area contributed by atoms with Crippen LogP contribution in [0.3, 0.4) is 0 Å². The summed E-state index contributed by atoms with van der Waals surface area (Å²) in [5.41, 5.74) is 2.92. The lowest BCUT2D eigenvalue weighted by molar-refractivity contribution is 0.173. The Labute approximate surface area is 82.4 Å². The molecule has 0 saturated carbocycles. The summed E-state index contributed by atoms with van der Waals surface area (Å²) in [4.78, 5) is 0. The molecule has 1 aliphatic heterocycles. The van der Waals surface area contributed by atoms with Gasteiger partial charge in [-0.15, -0.1) is 11.6 Å². The zero-order valence-electron chi connectivity index (χ0n) is 7.39. The molecular weight excluding hydrogens is 188 g/mol. The number of alkyl halides is 1. The van der Waals surface area contributed by atoms with Gasteiger partial charge in [-0.2, -0.15) is 0 Å². The first-order valence-corrected chi connectivity index (χ1v) is 4.57. The number of hydrogen-bond donors (Lipinski definition) is 0. The van der Waals surface area contributed by atoms with Gasteiger partial charge in [0.1, 0.15) is 0 Å². The summed E-state index contributed by atoms with van der Waals surface area (Å²) in [5.74, 6) is 2.00. The highest BCUT2D eigenvalue weighted by molar-refractivity contribution is 6.17. The Morgan fingerprint density at radius 2 is 2.15 bits per heavy atom. The molecule has 0 bridgehead atoms. The zero-order chi connectivity index (χ0) is 9.42. The standard InChI is InChI=1S/C10H10ClO2/c1-6-3-8(4-11)10-9(7(6)2)12-5-13-10/h3H,1,4-5H2,2H3. The van der Waals surface area contributed by atoms with Crippen LogP contribution < -0.4 is 9.47 Å². The van der Waals surface area contributed by atoms with E-state index in [9.17, 15) is 0 Å². The molecule has 69 valence electrons. The number of ether oxygens (including phenoxy) is 2. The maximum atomic E-state index is 5.77. The fraction of sp³-hybridized carbons (Fsp3) is 0.300. The lowest BCUT2D eigenvalue weighted by Gasteiger charge is -2.07. The predicted octanol–water partition coefficient (Wildman–Crippen LogP) is 2.64. The maximum Gasteiger partial charge on any atom is 0.231 e. The summed E-state index contributed by atoms with van der Waals surface area (Å²) in [6, 6.07) is 1.94. The fourth-order valence-electron chi connectivity index (χ4n) is 1.42. The van der Waals surface area contributed by atoms with Crippen LogP contribution in [0.5, 0.6) is 11.5 Å². The number of halogens is 1. The van der Waals surface area contributed by atoms with Crippen LogP contribution in [0.15, 0.2) is 6.07 Å². The summed E-state index contributed by atoms with van der Waals surface area (Å²) in [6.45, 7) is 6.16. The van der Waals surface area contributed by atoms with Crippen LogP contribution in [-0.4, -0.2) is 6.79 Å². The molecule has 0 fully saturated rings. The van der Waals surface area contributed by atoms with Crippen molar-refractivity contribution in [3.63, 3.8) is 0 Å². The van der Waals surface area contributed by atoms with Gasteiger partial charge >= 0.3 is 0 Å². The predicted molar refractivity (Wildman–Crippen MR) is 51.3 cm³/mol. The second-order valence-electron chi connectivity index (χ2n) is 3.02. The minimum atomic E-state index is 0.281. The van der Waals surface area contributed by atoms with E-state index >= 15 is 0 Å². The molecule has 1 aromatic carbocycles. The van der Waals surface area contributed by atoms with Crippen molar-refractivity contribution >= 4 is 11.6 Å². The van der Waals surface area contributed by atoms with Crippen molar-refractivity contribution in [3.05, 3.63) is 29.7 Å². The number of fused-ring (bicyclic) bond motifs is 1. The lowest BCUT2D eigenvalue weighted by Crippen LogP contribution is -1.94. The molecule has 0 amide bonds. The molecule has 1 radical (unpaired) electrons. The normalized spacial score (nSPS) is 13.5. The minimum absolute atomic E-state index is 0.281.